The Morgan fingerprint density at radius 1 is 0.973 bits per heavy atom. The lowest BCUT2D eigenvalue weighted by Crippen LogP contribution is -2.29. The van der Waals surface area contributed by atoms with Crippen LogP contribution in [0.4, 0.5) is 5.95 Å². The summed E-state index contributed by atoms with van der Waals surface area (Å²) < 4.78 is 9.54. The van der Waals surface area contributed by atoms with E-state index in [9.17, 15) is 5.26 Å². The molecule has 1 aliphatic heterocycles. The van der Waals surface area contributed by atoms with E-state index in [-0.39, 0.29) is 12.1 Å². The summed E-state index contributed by atoms with van der Waals surface area (Å²) in [5.41, 5.74) is 3.85. The zero-order valence-electron chi connectivity index (χ0n) is 20.3. The summed E-state index contributed by atoms with van der Waals surface area (Å²) in [5.74, 6) is 0.505. The van der Waals surface area contributed by atoms with Crippen molar-refractivity contribution in [3.8, 4) is 23.4 Å². The molecule has 11 nitrogen and oxygen atoms in total. The lowest BCUT2D eigenvalue weighted by atomic mass is 9.91. The second-order valence-electron chi connectivity index (χ2n) is 9.61. The van der Waals surface area contributed by atoms with Gasteiger partial charge in [-0.3, -0.25) is 4.68 Å². The zero-order valence-corrected chi connectivity index (χ0v) is 20.3. The Labute approximate surface area is 213 Å². The molecule has 5 heterocycles. The molecule has 1 aliphatic carbocycles. The minimum absolute atomic E-state index is 0.167. The number of aromatic nitrogens is 7. The first-order chi connectivity index (χ1) is 18.2. The SMILES string of the molecule is N#Cc1cnc2c(c1)ncn2[C@H]1CCC[C@@H](Nc2ncc(C#N)c(-c3cnn(C4CCOCC4)c3)n2)C1. The van der Waals surface area contributed by atoms with Crippen molar-refractivity contribution in [2.45, 2.75) is 56.7 Å². The molecule has 1 saturated heterocycles. The summed E-state index contributed by atoms with van der Waals surface area (Å²) >= 11 is 0. The second kappa shape index (κ2) is 9.96. The molecule has 6 rings (SSSR count). The van der Waals surface area contributed by atoms with E-state index < -0.39 is 0 Å². The highest BCUT2D eigenvalue weighted by atomic mass is 16.5. The third-order valence-corrected chi connectivity index (χ3v) is 7.26. The number of hydrogen-bond donors (Lipinski definition) is 1. The number of nitrogens with zero attached hydrogens (tertiary/aromatic N) is 9. The van der Waals surface area contributed by atoms with E-state index in [1.807, 2.05) is 17.2 Å². The van der Waals surface area contributed by atoms with Crippen molar-refractivity contribution in [1.29, 1.82) is 10.5 Å². The van der Waals surface area contributed by atoms with Crippen LogP contribution in [0.1, 0.15) is 61.7 Å². The second-order valence-corrected chi connectivity index (χ2v) is 9.61. The first-order valence-electron chi connectivity index (χ1n) is 12.6. The molecule has 37 heavy (non-hydrogen) atoms. The van der Waals surface area contributed by atoms with Gasteiger partial charge in [0.25, 0.3) is 0 Å². The first-order valence-corrected chi connectivity index (χ1v) is 12.6. The van der Waals surface area contributed by atoms with E-state index in [0.29, 0.717) is 28.8 Å². The molecule has 4 aromatic rings. The molecule has 1 saturated carbocycles. The molecule has 0 spiro atoms. The zero-order chi connectivity index (χ0) is 25.2. The van der Waals surface area contributed by atoms with E-state index in [4.69, 9.17) is 15.0 Å². The minimum atomic E-state index is 0.167. The Kier molecular flexibility index (Phi) is 6.21. The van der Waals surface area contributed by atoms with E-state index in [2.05, 4.69) is 42.1 Å². The fourth-order valence-corrected chi connectivity index (χ4v) is 5.34. The summed E-state index contributed by atoms with van der Waals surface area (Å²) in [7, 11) is 0. The molecule has 0 bridgehead atoms. The van der Waals surface area contributed by atoms with Crippen molar-refractivity contribution in [3.63, 3.8) is 0 Å². The van der Waals surface area contributed by atoms with Gasteiger partial charge in [-0.25, -0.2) is 19.9 Å². The van der Waals surface area contributed by atoms with E-state index in [1.165, 1.54) is 0 Å². The largest absolute Gasteiger partial charge is 0.381 e. The van der Waals surface area contributed by atoms with Crippen LogP contribution in [0.5, 0.6) is 0 Å². The highest BCUT2D eigenvalue weighted by molar-refractivity contribution is 5.72. The van der Waals surface area contributed by atoms with Crippen LogP contribution in [-0.4, -0.2) is 53.5 Å². The maximum atomic E-state index is 9.68. The number of nitrogens with one attached hydrogen (secondary N) is 1. The monoisotopic (exact) mass is 494 g/mol. The molecule has 2 atom stereocenters. The van der Waals surface area contributed by atoms with Crippen LogP contribution in [0.3, 0.4) is 0 Å². The third kappa shape index (κ3) is 4.61. The molecule has 11 heteroatoms. The Hall–Kier alpha value is -4.35. The van der Waals surface area contributed by atoms with Crippen LogP contribution in [0.2, 0.25) is 0 Å². The van der Waals surface area contributed by atoms with Crippen molar-refractivity contribution < 1.29 is 4.74 Å². The average Bonchev–Trinajstić information content (AvgIpc) is 3.61. The number of fused-ring (bicyclic) bond motifs is 1. The van der Waals surface area contributed by atoms with Gasteiger partial charge in [0.2, 0.25) is 5.95 Å². The summed E-state index contributed by atoms with van der Waals surface area (Å²) in [6.45, 7) is 1.47. The molecule has 0 amide bonds. The lowest BCUT2D eigenvalue weighted by Gasteiger charge is -2.30. The number of nitriles is 2. The van der Waals surface area contributed by atoms with Crippen molar-refractivity contribution in [1.82, 2.24) is 34.3 Å². The quantitative estimate of drug-likeness (QED) is 0.438. The number of anilines is 1. The van der Waals surface area contributed by atoms with Crippen LogP contribution in [0, 0.1) is 22.7 Å². The number of rotatable bonds is 5. The van der Waals surface area contributed by atoms with Gasteiger partial charge in [0.1, 0.15) is 17.7 Å². The Morgan fingerprint density at radius 3 is 2.70 bits per heavy atom. The van der Waals surface area contributed by atoms with Gasteiger partial charge in [0, 0.05) is 43.3 Å². The van der Waals surface area contributed by atoms with Gasteiger partial charge in [0.05, 0.1) is 41.6 Å². The van der Waals surface area contributed by atoms with Crippen LogP contribution >= 0.6 is 0 Å². The smallest absolute Gasteiger partial charge is 0.223 e. The molecule has 0 radical (unpaired) electrons. The van der Waals surface area contributed by atoms with Gasteiger partial charge in [-0.2, -0.15) is 15.6 Å². The Bertz CT molecular complexity index is 1500. The normalized spacial score (nSPS) is 20.4. The summed E-state index contributed by atoms with van der Waals surface area (Å²) in [6, 6.07) is 6.80. The molecule has 1 N–H and O–H groups in total. The highest BCUT2D eigenvalue weighted by Gasteiger charge is 2.26. The van der Waals surface area contributed by atoms with Gasteiger partial charge >= 0.3 is 0 Å². The molecule has 4 aromatic heterocycles. The first kappa shape index (κ1) is 23.1. The van der Waals surface area contributed by atoms with Crippen LogP contribution in [0.25, 0.3) is 22.4 Å². The fraction of sp³-hybridized carbons (Fsp3) is 0.423. The van der Waals surface area contributed by atoms with Crippen LogP contribution in [0.15, 0.2) is 37.2 Å². The molecule has 0 aromatic carbocycles. The van der Waals surface area contributed by atoms with Gasteiger partial charge in [-0.1, -0.05) is 0 Å². The van der Waals surface area contributed by atoms with E-state index >= 15 is 0 Å². The van der Waals surface area contributed by atoms with Crippen molar-refractivity contribution in [2.75, 3.05) is 18.5 Å². The van der Waals surface area contributed by atoms with Crippen molar-refractivity contribution in [3.05, 3.63) is 48.3 Å². The maximum Gasteiger partial charge on any atom is 0.223 e. The van der Waals surface area contributed by atoms with Gasteiger partial charge in [0.15, 0.2) is 5.65 Å². The molecule has 2 aliphatic rings. The number of pyridine rings is 1. The summed E-state index contributed by atoms with van der Waals surface area (Å²) in [5, 5.41) is 26.9. The molecular weight excluding hydrogens is 468 g/mol. The number of hydrogen-bond acceptors (Lipinski definition) is 9. The fourth-order valence-electron chi connectivity index (χ4n) is 5.34. The van der Waals surface area contributed by atoms with Crippen LogP contribution < -0.4 is 5.32 Å². The number of ether oxygens (including phenoxy) is 1. The molecule has 2 fully saturated rings. The van der Waals surface area contributed by atoms with Crippen LogP contribution in [-0.2, 0) is 4.74 Å². The molecule has 186 valence electrons. The average molecular weight is 495 g/mol. The predicted octanol–water partition coefficient (Wildman–Crippen LogP) is 3.78. The summed E-state index contributed by atoms with van der Waals surface area (Å²) in [6.07, 6.45) is 14.5. The standard InChI is InChI=1S/C26H26N10O/c27-10-17-8-23-25(29-12-17)35(16-31-23)22-3-1-2-20(9-22)33-26-30-13-18(11-28)24(34-26)19-14-32-36(15-19)21-4-6-37-7-5-21/h8,12-16,20-22H,1-7,9H2,(H,30,33,34)/t20-,22+/m1/s1. The Balaban J connectivity index is 1.20. The lowest BCUT2D eigenvalue weighted by molar-refractivity contribution is 0.0662. The third-order valence-electron chi connectivity index (χ3n) is 7.26. The van der Waals surface area contributed by atoms with Crippen molar-refractivity contribution >= 4 is 17.1 Å². The summed E-state index contributed by atoms with van der Waals surface area (Å²) in [4.78, 5) is 18.1. The highest BCUT2D eigenvalue weighted by Crippen LogP contribution is 2.32. The van der Waals surface area contributed by atoms with Gasteiger partial charge in [-0.15, -0.1) is 0 Å². The van der Waals surface area contributed by atoms with E-state index in [1.54, 1.807) is 24.7 Å². The minimum Gasteiger partial charge on any atom is -0.381 e. The topological polar surface area (TPSA) is 143 Å². The number of imidazole rings is 1. The Morgan fingerprint density at radius 2 is 1.86 bits per heavy atom. The molecular formula is C26H26N10O. The predicted molar refractivity (Wildman–Crippen MR) is 134 cm³/mol. The molecule has 0 unspecified atom stereocenters. The van der Waals surface area contributed by atoms with Gasteiger partial charge < -0.3 is 14.6 Å². The van der Waals surface area contributed by atoms with Gasteiger partial charge in [-0.05, 0) is 44.6 Å². The van der Waals surface area contributed by atoms with Crippen molar-refractivity contribution in [2.24, 2.45) is 0 Å². The maximum absolute atomic E-state index is 9.68. The van der Waals surface area contributed by atoms with E-state index in [0.717, 1.165) is 68.5 Å².